The molecule has 0 bridgehead atoms. The van der Waals surface area contributed by atoms with Crippen molar-refractivity contribution in [1.29, 1.82) is 0 Å². The van der Waals surface area contributed by atoms with Crippen molar-refractivity contribution in [3.8, 4) is 11.5 Å². The number of hydrogen-bond acceptors (Lipinski definition) is 5. The molecule has 2 heterocycles. The molecule has 3 rings (SSSR count). The number of halogens is 2. The summed E-state index contributed by atoms with van der Waals surface area (Å²) < 4.78 is 17.9. The lowest BCUT2D eigenvalue weighted by Crippen LogP contribution is -2.25. The normalized spacial score (nSPS) is 10.8. The summed E-state index contributed by atoms with van der Waals surface area (Å²) in [7, 11) is 1.61. The van der Waals surface area contributed by atoms with Gasteiger partial charge in [0.25, 0.3) is 5.91 Å². The zero-order valence-electron chi connectivity index (χ0n) is 16.1. The zero-order chi connectivity index (χ0) is 20.8. The van der Waals surface area contributed by atoms with Gasteiger partial charge < -0.3 is 19.2 Å². The first-order valence-corrected chi connectivity index (χ1v) is 9.75. The second-order valence-corrected chi connectivity index (χ2v) is 6.99. The van der Waals surface area contributed by atoms with Crippen molar-refractivity contribution in [2.24, 2.45) is 0 Å². The molecule has 0 atom stereocenters. The van der Waals surface area contributed by atoms with Crippen molar-refractivity contribution >= 4 is 29.1 Å². The third-order valence-electron chi connectivity index (χ3n) is 4.15. The number of carbonyl (C=O) groups is 1. The van der Waals surface area contributed by atoms with E-state index in [4.69, 9.17) is 37.1 Å². The van der Waals surface area contributed by atoms with Gasteiger partial charge in [0.1, 0.15) is 34.0 Å². The van der Waals surface area contributed by atoms with Gasteiger partial charge in [-0.2, -0.15) is 5.10 Å². The average molecular weight is 438 g/mol. The Morgan fingerprint density at radius 2 is 1.90 bits per heavy atom. The van der Waals surface area contributed by atoms with E-state index in [0.29, 0.717) is 46.9 Å². The van der Waals surface area contributed by atoms with E-state index >= 15 is 0 Å². The molecule has 29 heavy (non-hydrogen) atoms. The van der Waals surface area contributed by atoms with E-state index in [-0.39, 0.29) is 18.3 Å². The summed E-state index contributed by atoms with van der Waals surface area (Å²) in [5.74, 6) is 1.93. The first-order valence-electron chi connectivity index (χ1n) is 9.00. The number of methoxy groups -OCH3 is 1. The molecule has 0 spiro atoms. The summed E-state index contributed by atoms with van der Waals surface area (Å²) in [5.41, 5.74) is 0.681. The summed E-state index contributed by atoms with van der Waals surface area (Å²) in [6.07, 6.45) is 0.650. The highest BCUT2D eigenvalue weighted by Crippen LogP contribution is 2.25. The second-order valence-electron chi connectivity index (χ2n) is 6.25. The maximum atomic E-state index is 12.2. The highest BCUT2D eigenvalue weighted by Gasteiger charge is 2.13. The minimum atomic E-state index is -0.290. The number of nitrogens with zero attached hydrogens (tertiary/aromatic N) is 2. The van der Waals surface area contributed by atoms with Crippen LogP contribution in [0, 0.1) is 6.92 Å². The fourth-order valence-electron chi connectivity index (χ4n) is 2.60. The summed E-state index contributed by atoms with van der Waals surface area (Å²) in [4.78, 5) is 12.2. The van der Waals surface area contributed by atoms with Gasteiger partial charge in [-0.1, -0.05) is 23.2 Å². The van der Waals surface area contributed by atoms with Crippen LogP contribution >= 0.6 is 23.2 Å². The van der Waals surface area contributed by atoms with Crippen molar-refractivity contribution in [2.45, 2.75) is 26.5 Å². The first-order chi connectivity index (χ1) is 14.0. The number of aromatic nitrogens is 2. The number of hydrogen-bond donors (Lipinski definition) is 1. The molecule has 0 aliphatic heterocycles. The van der Waals surface area contributed by atoms with Crippen LogP contribution in [0.25, 0.3) is 0 Å². The third-order valence-corrected chi connectivity index (χ3v) is 5.09. The number of carbonyl (C=O) groups excluding carboxylic acids is 1. The lowest BCUT2D eigenvalue weighted by atomic mass is 10.3. The second kappa shape index (κ2) is 9.71. The molecule has 0 aliphatic rings. The van der Waals surface area contributed by atoms with Crippen LogP contribution in [0.4, 0.5) is 0 Å². The van der Waals surface area contributed by atoms with Crippen LogP contribution < -0.4 is 14.8 Å². The van der Waals surface area contributed by atoms with E-state index in [1.807, 2.05) is 12.1 Å². The van der Waals surface area contributed by atoms with Crippen molar-refractivity contribution in [2.75, 3.05) is 13.7 Å². The molecular formula is C20H21Cl2N3O4. The average Bonchev–Trinajstić information content (AvgIpc) is 3.31. The minimum absolute atomic E-state index is 0.220. The zero-order valence-corrected chi connectivity index (χ0v) is 17.6. The fraction of sp³-hybridized carbons (Fsp3) is 0.300. The number of aryl methyl sites for hydroxylation is 2. The Morgan fingerprint density at radius 1 is 1.17 bits per heavy atom. The predicted octanol–water partition coefficient (Wildman–Crippen LogP) is 4.50. The largest absolute Gasteiger partial charge is 0.497 e. The van der Waals surface area contributed by atoms with Gasteiger partial charge in [0.15, 0.2) is 5.76 Å². The van der Waals surface area contributed by atoms with Gasteiger partial charge in [-0.3, -0.25) is 9.48 Å². The molecule has 3 aromatic rings. The summed E-state index contributed by atoms with van der Waals surface area (Å²) in [6, 6.07) is 10.6. The Balaban J connectivity index is 1.43. The summed E-state index contributed by atoms with van der Waals surface area (Å²) in [6.45, 7) is 3.01. The number of amides is 1. The van der Waals surface area contributed by atoms with E-state index in [0.717, 1.165) is 5.75 Å². The minimum Gasteiger partial charge on any atom is -0.497 e. The van der Waals surface area contributed by atoms with Crippen molar-refractivity contribution in [1.82, 2.24) is 15.1 Å². The molecule has 9 heteroatoms. The predicted molar refractivity (Wildman–Crippen MR) is 110 cm³/mol. The Kier molecular flexibility index (Phi) is 7.06. The molecule has 1 amide bonds. The molecule has 1 aromatic carbocycles. The maximum Gasteiger partial charge on any atom is 0.286 e. The van der Waals surface area contributed by atoms with Gasteiger partial charge in [-0.05, 0) is 49.7 Å². The Bertz CT molecular complexity index is 967. The molecular weight excluding hydrogens is 417 g/mol. The number of rotatable bonds is 9. The number of furan rings is 1. The molecule has 0 unspecified atom stereocenters. The smallest absolute Gasteiger partial charge is 0.286 e. The lowest BCUT2D eigenvalue weighted by molar-refractivity contribution is 0.0921. The quantitative estimate of drug-likeness (QED) is 0.498. The van der Waals surface area contributed by atoms with Crippen LogP contribution in [0.5, 0.6) is 11.5 Å². The number of ether oxygens (including phenoxy) is 2. The highest BCUT2D eigenvalue weighted by molar-refractivity contribution is 6.41. The summed E-state index contributed by atoms with van der Waals surface area (Å²) in [5, 5.41) is 7.91. The molecule has 0 radical (unpaired) electrons. The Labute approximate surface area is 178 Å². The lowest BCUT2D eigenvalue weighted by Gasteiger charge is -2.06. The van der Waals surface area contributed by atoms with Gasteiger partial charge in [0.2, 0.25) is 0 Å². The van der Waals surface area contributed by atoms with E-state index in [9.17, 15) is 4.79 Å². The highest BCUT2D eigenvalue weighted by atomic mass is 35.5. The molecule has 7 nitrogen and oxygen atoms in total. The van der Waals surface area contributed by atoms with Crippen LogP contribution in [0.15, 0.2) is 40.8 Å². The van der Waals surface area contributed by atoms with Crippen LogP contribution in [0.3, 0.4) is 0 Å². The molecule has 154 valence electrons. The molecule has 0 saturated carbocycles. The van der Waals surface area contributed by atoms with E-state index in [2.05, 4.69) is 10.4 Å². The number of benzene rings is 1. The van der Waals surface area contributed by atoms with Gasteiger partial charge in [-0.15, -0.1) is 0 Å². The van der Waals surface area contributed by atoms with E-state index in [1.165, 1.54) is 0 Å². The summed E-state index contributed by atoms with van der Waals surface area (Å²) >= 11 is 12.1. The van der Waals surface area contributed by atoms with Crippen LogP contribution in [0.2, 0.25) is 10.2 Å². The fourth-order valence-corrected chi connectivity index (χ4v) is 3.00. The Morgan fingerprint density at radius 3 is 2.55 bits per heavy atom. The van der Waals surface area contributed by atoms with E-state index in [1.54, 1.807) is 43.0 Å². The third kappa shape index (κ3) is 5.46. The first kappa shape index (κ1) is 21.1. The van der Waals surface area contributed by atoms with Gasteiger partial charge in [0.05, 0.1) is 12.8 Å². The Hall–Kier alpha value is -2.64. The van der Waals surface area contributed by atoms with Crippen molar-refractivity contribution in [3.63, 3.8) is 0 Å². The molecule has 0 saturated heterocycles. The maximum absolute atomic E-state index is 12.2. The SMILES string of the molecule is COc1ccc(OCc2ccc(C(=O)NCCCn3nc(C)c(Cl)c3Cl)o2)cc1. The van der Waals surface area contributed by atoms with Crippen molar-refractivity contribution < 1.29 is 18.7 Å². The van der Waals surface area contributed by atoms with Crippen molar-refractivity contribution in [3.05, 3.63) is 63.8 Å². The topological polar surface area (TPSA) is 78.5 Å². The monoisotopic (exact) mass is 437 g/mol. The molecule has 2 aromatic heterocycles. The molecule has 0 fully saturated rings. The van der Waals surface area contributed by atoms with Gasteiger partial charge in [0, 0.05) is 13.1 Å². The van der Waals surface area contributed by atoms with Gasteiger partial charge in [-0.25, -0.2) is 0 Å². The molecule has 0 aliphatic carbocycles. The van der Waals surface area contributed by atoms with E-state index < -0.39 is 0 Å². The van der Waals surface area contributed by atoms with Gasteiger partial charge >= 0.3 is 0 Å². The number of nitrogens with one attached hydrogen (secondary N) is 1. The standard InChI is InChI=1S/C20H21Cl2N3O4/c1-13-18(21)19(22)25(24-13)11-3-10-23-20(26)17-9-8-16(29-17)12-28-15-6-4-14(27-2)5-7-15/h4-9H,3,10-12H2,1-2H3,(H,23,26). The van der Waals surface area contributed by atoms with Crippen LogP contribution in [0.1, 0.15) is 28.4 Å². The molecule has 1 N–H and O–H groups in total. The van der Waals surface area contributed by atoms with Crippen LogP contribution in [-0.2, 0) is 13.2 Å². The van der Waals surface area contributed by atoms with Crippen LogP contribution in [-0.4, -0.2) is 29.3 Å².